The maximum Gasteiger partial charge on any atom is 0.274 e. The summed E-state index contributed by atoms with van der Waals surface area (Å²) in [7, 11) is 0. The lowest BCUT2D eigenvalue weighted by molar-refractivity contribution is -0.123. The fourth-order valence-electron chi connectivity index (χ4n) is 1.69. The molecule has 0 aromatic heterocycles. The summed E-state index contributed by atoms with van der Waals surface area (Å²) in [5, 5.41) is 8.54. The number of benzene rings is 2. The fraction of sp³-hybridized carbons (Fsp3) is 0. The van der Waals surface area contributed by atoms with Crippen LogP contribution < -0.4 is 5.48 Å². The van der Waals surface area contributed by atoms with E-state index < -0.39 is 5.91 Å². The van der Waals surface area contributed by atoms with Crippen molar-refractivity contribution in [2.45, 2.75) is 0 Å². The van der Waals surface area contributed by atoms with Crippen LogP contribution in [-0.2, 0) is 4.79 Å². The van der Waals surface area contributed by atoms with Gasteiger partial charge in [-0.2, -0.15) is 0 Å². The summed E-state index contributed by atoms with van der Waals surface area (Å²) in [6.07, 6.45) is 0. The Balaban J connectivity index is 2.26. The van der Waals surface area contributed by atoms with E-state index >= 15 is 0 Å². The van der Waals surface area contributed by atoms with Crippen LogP contribution in [0.25, 0.3) is 16.7 Å². The van der Waals surface area contributed by atoms with Crippen LogP contribution in [0.3, 0.4) is 0 Å². The number of rotatable bonds is 3. The van der Waals surface area contributed by atoms with Crippen LogP contribution in [0.15, 0.2) is 61.2 Å². The summed E-state index contributed by atoms with van der Waals surface area (Å²) < 4.78 is 0. The van der Waals surface area contributed by atoms with Crippen molar-refractivity contribution in [1.82, 2.24) is 5.48 Å². The molecule has 0 bridgehead atoms. The van der Waals surface area contributed by atoms with E-state index in [4.69, 9.17) is 5.21 Å². The van der Waals surface area contributed by atoms with Gasteiger partial charge < -0.3 is 0 Å². The largest absolute Gasteiger partial charge is 0.288 e. The first-order valence-electron chi connectivity index (χ1n) is 5.51. The van der Waals surface area contributed by atoms with Gasteiger partial charge in [-0.3, -0.25) is 10.0 Å². The molecule has 3 nitrogen and oxygen atoms in total. The summed E-state index contributed by atoms with van der Waals surface area (Å²) in [6.45, 7) is 3.63. The van der Waals surface area contributed by atoms with Gasteiger partial charge in [-0.1, -0.05) is 61.2 Å². The van der Waals surface area contributed by atoms with Gasteiger partial charge in [0.05, 0.1) is 0 Å². The van der Waals surface area contributed by atoms with Gasteiger partial charge in [-0.25, -0.2) is 5.48 Å². The van der Waals surface area contributed by atoms with Crippen molar-refractivity contribution in [2.24, 2.45) is 0 Å². The molecule has 2 aromatic carbocycles. The third kappa shape index (κ3) is 2.47. The predicted molar refractivity (Wildman–Crippen MR) is 70.8 cm³/mol. The van der Waals surface area contributed by atoms with Crippen LogP contribution in [0, 0.1) is 0 Å². The average molecular weight is 239 g/mol. The molecule has 2 aromatic rings. The standard InChI is InChI=1S/C15H13NO2/c1-11(15(17)16-18)12-7-9-14(10-8-12)13-5-3-2-4-6-13/h2-10,18H,1H2,(H,16,17). The third-order valence-electron chi connectivity index (χ3n) is 2.72. The van der Waals surface area contributed by atoms with Gasteiger partial charge in [0, 0.05) is 5.57 Å². The topological polar surface area (TPSA) is 49.3 Å². The molecule has 0 atom stereocenters. The molecule has 3 heteroatoms. The van der Waals surface area contributed by atoms with Gasteiger partial charge in [0.15, 0.2) is 0 Å². The quantitative estimate of drug-likeness (QED) is 0.491. The van der Waals surface area contributed by atoms with Crippen molar-refractivity contribution in [3.63, 3.8) is 0 Å². The van der Waals surface area contributed by atoms with Gasteiger partial charge >= 0.3 is 0 Å². The van der Waals surface area contributed by atoms with Crippen molar-refractivity contribution in [3.05, 3.63) is 66.7 Å². The molecule has 0 unspecified atom stereocenters. The molecule has 0 aliphatic heterocycles. The van der Waals surface area contributed by atoms with Gasteiger partial charge in [-0.05, 0) is 16.7 Å². The number of hydrogen-bond acceptors (Lipinski definition) is 2. The Morgan fingerprint density at radius 3 is 2.06 bits per heavy atom. The zero-order valence-corrected chi connectivity index (χ0v) is 9.76. The summed E-state index contributed by atoms with van der Waals surface area (Å²) in [4.78, 5) is 11.2. The zero-order valence-electron chi connectivity index (χ0n) is 9.76. The highest BCUT2D eigenvalue weighted by atomic mass is 16.5. The van der Waals surface area contributed by atoms with Crippen LogP contribution in [-0.4, -0.2) is 11.1 Å². The molecule has 0 fully saturated rings. The maximum atomic E-state index is 11.2. The van der Waals surface area contributed by atoms with Crippen LogP contribution in [0.5, 0.6) is 0 Å². The molecule has 18 heavy (non-hydrogen) atoms. The number of amides is 1. The average Bonchev–Trinajstić information content (AvgIpc) is 2.47. The van der Waals surface area contributed by atoms with Crippen molar-refractivity contribution in [3.8, 4) is 11.1 Å². The third-order valence-corrected chi connectivity index (χ3v) is 2.72. The van der Waals surface area contributed by atoms with E-state index in [2.05, 4.69) is 6.58 Å². The number of nitrogens with one attached hydrogen (secondary N) is 1. The van der Waals surface area contributed by atoms with E-state index in [0.29, 0.717) is 5.56 Å². The Morgan fingerprint density at radius 2 is 1.50 bits per heavy atom. The molecule has 2 rings (SSSR count). The Hall–Kier alpha value is -2.39. The summed E-state index contributed by atoms with van der Waals surface area (Å²) in [5.41, 5.74) is 4.66. The minimum Gasteiger partial charge on any atom is -0.288 e. The lowest BCUT2D eigenvalue weighted by Crippen LogP contribution is -2.19. The molecular formula is C15H13NO2. The summed E-state index contributed by atoms with van der Waals surface area (Å²) in [6, 6.07) is 17.4. The second kappa shape index (κ2) is 5.29. The zero-order chi connectivity index (χ0) is 13.0. The van der Waals surface area contributed by atoms with Gasteiger partial charge in [0.1, 0.15) is 0 Å². The van der Waals surface area contributed by atoms with E-state index in [1.54, 1.807) is 17.6 Å². The summed E-state index contributed by atoms with van der Waals surface area (Å²) >= 11 is 0. The Bertz CT molecular complexity index is 559. The normalized spacial score (nSPS) is 9.83. The van der Waals surface area contributed by atoms with E-state index in [-0.39, 0.29) is 5.57 Å². The smallest absolute Gasteiger partial charge is 0.274 e. The van der Waals surface area contributed by atoms with Gasteiger partial charge in [0.2, 0.25) is 0 Å². The van der Waals surface area contributed by atoms with Crippen LogP contribution >= 0.6 is 0 Å². The molecule has 0 saturated carbocycles. The predicted octanol–water partition coefficient (Wildman–Crippen LogP) is 2.87. The van der Waals surface area contributed by atoms with Crippen LogP contribution in [0.2, 0.25) is 0 Å². The molecule has 0 saturated heterocycles. The molecule has 0 aliphatic rings. The Labute approximate surface area is 105 Å². The maximum absolute atomic E-state index is 11.2. The Morgan fingerprint density at radius 1 is 0.944 bits per heavy atom. The molecule has 0 aliphatic carbocycles. The molecule has 0 radical (unpaired) electrons. The van der Waals surface area contributed by atoms with Crippen LogP contribution in [0.4, 0.5) is 0 Å². The monoisotopic (exact) mass is 239 g/mol. The second-order valence-electron chi connectivity index (χ2n) is 3.86. The SMILES string of the molecule is C=C(C(=O)NO)c1ccc(-c2ccccc2)cc1. The lowest BCUT2D eigenvalue weighted by Gasteiger charge is -2.05. The minimum absolute atomic E-state index is 0.233. The summed E-state index contributed by atoms with van der Waals surface area (Å²) in [5.74, 6) is -0.595. The molecule has 1 amide bonds. The molecular weight excluding hydrogens is 226 g/mol. The second-order valence-corrected chi connectivity index (χ2v) is 3.86. The number of carbonyl (C=O) groups is 1. The highest BCUT2D eigenvalue weighted by molar-refractivity contribution is 6.18. The number of hydrogen-bond donors (Lipinski definition) is 2. The number of hydroxylamine groups is 1. The molecule has 90 valence electrons. The van der Waals surface area contributed by atoms with E-state index in [1.807, 2.05) is 42.5 Å². The van der Waals surface area contributed by atoms with Crippen LogP contribution in [0.1, 0.15) is 5.56 Å². The highest BCUT2D eigenvalue weighted by Crippen LogP contribution is 2.21. The Kier molecular flexibility index (Phi) is 3.55. The van der Waals surface area contributed by atoms with Gasteiger partial charge in [0.25, 0.3) is 5.91 Å². The van der Waals surface area contributed by atoms with Crippen molar-refractivity contribution in [1.29, 1.82) is 0 Å². The first-order valence-corrected chi connectivity index (χ1v) is 5.51. The highest BCUT2D eigenvalue weighted by Gasteiger charge is 2.07. The molecule has 0 spiro atoms. The minimum atomic E-state index is -0.595. The lowest BCUT2D eigenvalue weighted by atomic mass is 10.0. The molecule has 2 N–H and O–H groups in total. The van der Waals surface area contributed by atoms with E-state index in [9.17, 15) is 4.79 Å². The number of carbonyl (C=O) groups excluding carboxylic acids is 1. The first-order chi connectivity index (χ1) is 8.72. The van der Waals surface area contributed by atoms with E-state index in [1.165, 1.54) is 0 Å². The van der Waals surface area contributed by atoms with Crippen molar-refractivity contribution < 1.29 is 10.0 Å². The fourth-order valence-corrected chi connectivity index (χ4v) is 1.69. The first kappa shape index (κ1) is 12.1. The van der Waals surface area contributed by atoms with Gasteiger partial charge in [-0.15, -0.1) is 0 Å². The molecule has 0 heterocycles. The van der Waals surface area contributed by atoms with E-state index in [0.717, 1.165) is 11.1 Å². The van der Waals surface area contributed by atoms with Crippen molar-refractivity contribution >= 4 is 11.5 Å². The van der Waals surface area contributed by atoms with Crippen molar-refractivity contribution in [2.75, 3.05) is 0 Å².